The molecule has 0 radical (unpaired) electrons. The Labute approximate surface area is 162 Å². The fraction of sp³-hybridized carbons (Fsp3) is 0.364. The monoisotopic (exact) mass is 366 g/mol. The van der Waals surface area contributed by atoms with Gasteiger partial charge in [-0.3, -0.25) is 4.79 Å². The molecule has 144 valence electrons. The third kappa shape index (κ3) is 6.77. The summed E-state index contributed by atoms with van der Waals surface area (Å²) in [6.45, 7) is 8.90. The Bertz CT molecular complexity index is 770. The van der Waals surface area contributed by atoms with Crippen molar-refractivity contribution in [1.82, 2.24) is 16.0 Å². The number of aryl methyl sites for hydroxylation is 1. The summed E-state index contributed by atoms with van der Waals surface area (Å²) in [7, 11) is 0. The fourth-order valence-electron chi connectivity index (χ4n) is 2.65. The van der Waals surface area contributed by atoms with Gasteiger partial charge in [-0.15, -0.1) is 0 Å². The minimum atomic E-state index is -0.0349. The minimum absolute atomic E-state index is 0.0349. The second-order valence-electron chi connectivity index (χ2n) is 6.43. The summed E-state index contributed by atoms with van der Waals surface area (Å²) in [5.74, 6) is 0.730. The van der Waals surface area contributed by atoms with E-state index >= 15 is 0 Å². The molecule has 0 saturated heterocycles. The number of nitrogens with zero attached hydrogens (tertiary/aromatic N) is 1. The molecule has 0 aliphatic carbocycles. The van der Waals surface area contributed by atoms with E-state index in [-0.39, 0.29) is 5.91 Å². The van der Waals surface area contributed by atoms with Crippen LogP contribution in [-0.4, -0.2) is 25.0 Å². The highest BCUT2D eigenvalue weighted by Gasteiger charge is 2.05. The maximum atomic E-state index is 12.1. The zero-order valence-corrected chi connectivity index (χ0v) is 16.5. The highest BCUT2D eigenvalue weighted by atomic mass is 16.1. The number of carbonyl (C=O) groups is 1. The summed E-state index contributed by atoms with van der Waals surface area (Å²) in [5, 5.41) is 9.55. The van der Waals surface area contributed by atoms with E-state index < -0.39 is 0 Å². The van der Waals surface area contributed by atoms with Crippen molar-refractivity contribution in [2.24, 2.45) is 4.99 Å². The molecule has 0 unspecified atom stereocenters. The van der Waals surface area contributed by atoms with E-state index in [0.717, 1.165) is 31.0 Å². The van der Waals surface area contributed by atoms with Crippen molar-refractivity contribution in [3.8, 4) is 0 Å². The van der Waals surface area contributed by atoms with Crippen LogP contribution in [0.5, 0.6) is 0 Å². The standard InChI is InChI=1S/C22H30N4O/c1-4-13-24-21(27)19-12-8-10-18(14-19)15-25-22(23-5-2)26-16-20-11-7-6-9-17(20)3/h6-12,14H,4-5,13,15-16H2,1-3H3,(H,24,27)(H2,23,25,26). The molecule has 0 aliphatic heterocycles. The van der Waals surface area contributed by atoms with Crippen LogP contribution in [0.1, 0.15) is 47.3 Å². The van der Waals surface area contributed by atoms with Gasteiger partial charge >= 0.3 is 0 Å². The predicted molar refractivity (Wildman–Crippen MR) is 112 cm³/mol. The van der Waals surface area contributed by atoms with Crippen LogP contribution in [-0.2, 0) is 13.1 Å². The number of guanidine groups is 1. The maximum absolute atomic E-state index is 12.1. The first-order valence-electron chi connectivity index (χ1n) is 9.57. The van der Waals surface area contributed by atoms with Crippen molar-refractivity contribution < 1.29 is 4.79 Å². The number of carbonyl (C=O) groups excluding carboxylic acids is 1. The lowest BCUT2D eigenvalue weighted by molar-refractivity contribution is 0.0953. The van der Waals surface area contributed by atoms with E-state index in [0.29, 0.717) is 18.7 Å². The van der Waals surface area contributed by atoms with E-state index in [1.165, 1.54) is 11.1 Å². The molecule has 5 heteroatoms. The minimum Gasteiger partial charge on any atom is -0.357 e. The summed E-state index contributed by atoms with van der Waals surface area (Å²) in [4.78, 5) is 16.8. The predicted octanol–water partition coefficient (Wildman–Crippen LogP) is 3.39. The normalized spacial score (nSPS) is 11.1. The molecule has 2 rings (SSSR count). The zero-order valence-electron chi connectivity index (χ0n) is 16.5. The third-order valence-electron chi connectivity index (χ3n) is 4.20. The third-order valence-corrected chi connectivity index (χ3v) is 4.20. The van der Waals surface area contributed by atoms with Gasteiger partial charge < -0.3 is 16.0 Å². The van der Waals surface area contributed by atoms with Gasteiger partial charge in [0.15, 0.2) is 5.96 Å². The molecule has 2 aromatic carbocycles. The van der Waals surface area contributed by atoms with Crippen molar-refractivity contribution in [3.05, 3.63) is 70.8 Å². The summed E-state index contributed by atoms with van der Waals surface area (Å²) >= 11 is 0. The van der Waals surface area contributed by atoms with Gasteiger partial charge in [0, 0.05) is 25.2 Å². The van der Waals surface area contributed by atoms with Gasteiger partial charge in [-0.25, -0.2) is 4.99 Å². The van der Waals surface area contributed by atoms with Gasteiger partial charge in [0.1, 0.15) is 0 Å². The number of benzene rings is 2. The average molecular weight is 367 g/mol. The van der Waals surface area contributed by atoms with Crippen molar-refractivity contribution in [2.45, 2.75) is 40.3 Å². The number of nitrogens with one attached hydrogen (secondary N) is 3. The molecule has 0 heterocycles. The van der Waals surface area contributed by atoms with Crippen LogP contribution in [0.2, 0.25) is 0 Å². The Morgan fingerprint density at radius 2 is 1.81 bits per heavy atom. The van der Waals surface area contributed by atoms with Crippen LogP contribution >= 0.6 is 0 Å². The Balaban J connectivity index is 2.01. The molecule has 1 amide bonds. The average Bonchev–Trinajstić information content (AvgIpc) is 2.69. The van der Waals surface area contributed by atoms with Crippen LogP contribution in [0.15, 0.2) is 53.5 Å². The molecule has 0 spiro atoms. The van der Waals surface area contributed by atoms with Gasteiger partial charge in [-0.05, 0) is 49.1 Å². The first-order valence-corrected chi connectivity index (χ1v) is 9.57. The number of hydrogen-bond acceptors (Lipinski definition) is 2. The van der Waals surface area contributed by atoms with E-state index in [2.05, 4.69) is 40.0 Å². The topological polar surface area (TPSA) is 65.5 Å². The van der Waals surface area contributed by atoms with E-state index in [4.69, 9.17) is 0 Å². The number of amides is 1. The molecule has 0 atom stereocenters. The lowest BCUT2D eigenvalue weighted by Gasteiger charge is -2.13. The van der Waals surface area contributed by atoms with Gasteiger partial charge in [0.05, 0.1) is 6.54 Å². The van der Waals surface area contributed by atoms with Gasteiger partial charge in [0.2, 0.25) is 0 Å². The molecule has 0 aliphatic rings. The molecular weight excluding hydrogens is 336 g/mol. The van der Waals surface area contributed by atoms with Crippen LogP contribution < -0.4 is 16.0 Å². The quantitative estimate of drug-likeness (QED) is 0.496. The SMILES string of the molecule is CCCNC(=O)c1cccc(CN=C(NCC)NCc2ccccc2C)c1. The number of rotatable bonds is 8. The zero-order chi connectivity index (χ0) is 19.5. The molecule has 5 nitrogen and oxygen atoms in total. The summed E-state index contributed by atoms with van der Waals surface area (Å²) in [5.41, 5.74) is 4.19. The van der Waals surface area contributed by atoms with Gasteiger partial charge in [-0.1, -0.05) is 43.3 Å². The Morgan fingerprint density at radius 1 is 1.00 bits per heavy atom. The molecule has 0 fully saturated rings. The molecule has 27 heavy (non-hydrogen) atoms. The second-order valence-corrected chi connectivity index (χ2v) is 6.43. The molecule has 0 aromatic heterocycles. The second kappa shape index (κ2) is 11.0. The highest BCUT2D eigenvalue weighted by molar-refractivity contribution is 5.94. The summed E-state index contributed by atoms with van der Waals surface area (Å²) in [6, 6.07) is 15.9. The Kier molecular flexibility index (Phi) is 8.36. The first kappa shape index (κ1) is 20.5. The van der Waals surface area contributed by atoms with E-state index in [1.807, 2.05) is 50.2 Å². The Morgan fingerprint density at radius 3 is 2.56 bits per heavy atom. The van der Waals surface area contributed by atoms with Crippen LogP contribution in [0.25, 0.3) is 0 Å². The van der Waals surface area contributed by atoms with E-state index in [1.54, 1.807) is 0 Å². The summed E-state index contributed by atoms with van der Waals surface area (Å²) < 4.78 is 0. The summed E-state index contributed by atoms with van der Waals surface area (Å²) in [6.07, 6.45) is 0.925. The van der Waals surface area contributed by atoms with E-state index in [9.17, 15) is 4.79 Å². The van der Waals surface area contributed by atoms with Crippen LogP contribution in [0.4, 0.5) is 0 Å². The lowest BCUT2D eigenvalue weighted by atomic mass is 10.1. The number of aliphatic imine (C=N–C) groups is 1. The highest BCUT2D eigenvalue weighted by Crippen LogP contribution is 2.08. The molecule has 2 aromatic rings. The molecule has 0 saturated carbocycles. The molecule has 3 N–H and O–H groups in total. The van der Waals surface area contributed by atoms with Crippen molar-refractivity contribution in [1.29, 1.82) is 0 Å². The molecular formula is C22H30N4O. The Hall–Kier alpha value is -2.82. The van der Waals surface area contributed by atoms with Gasteiger partial charge in [0.25, 0.3) is 5.91 Å². The molecule has 0 bridgehead atoms. The number of hydrogen-bond donors (Lipinski definition) is 3. The van der Waals surface area contributed by atoms with Gasteiger partial charge in [-0.2, -0.15) is 0 Å². The van der Waals surface area contributed by atoms with Crippen LogP contribution in [0.3, 0.4) is 0 Å². The van der Waals surface area contributed by atoms with Crippen molar-refractivity contribution in [2.75, 3.05) is 13.1 Å². The van der Waals surface area contributed by atoms with Crippen molar-refractivity contribution >= 4 is 11.9 Å². The first-order chi connectivity index (χ1) is 13.1. The van der Waals surface area contributed by atoms with Crippen LogP contribution in [0, 0.1) is 6.92 Å². The fourth-order valence-corrected chi connectivity index (χ4v) is 2.65. The smallest absolute Gasteiger partial charge is 0.251 e. The lowest BCUT2D eigenvalue weighted by Crippen LogP contribution is -2.36. The van der Waals surface area contributed by atoms with Crippen molar-refractivity contribution in [3.63, 3.8) is 0 Å². The maximum Gasteiger partial charge on any atom is 0.251 e. The largest absolute Gasteiger partial charge is 0.357 e.